The molecule has 0 fully saturated rings. The molecule has 0 aliphatic heterocycles. The second kappa shape index (κ2) is 11.9. The van der Waals surface area contributed by atoms with Gasteiger partial charge in [0.1, 0.15) is 6.61 Å². The van der Waals surface area contributed by atoms with Crippen molar-refractivity contribution in [3.8, 4) is 0 Å². The van der Waals surface area contributed by atoms with Crippen molar-refractivity contribution >= 4 is 18.6 Å². The van der Waals surface area contributed by atoms with E-state index in [-0.39, 0.29) is 12.4 Å². The Bertz CT molecular complexity index is 157. The highest BCUT2D eigenvalue weighted by atomic mass is 32.1. The average molecular weight is 237 g/mol. The third-order valence-electron chi connectivity index (χ3n) is 1.41. The fourth-order valence-corrected chi connectivity index (χ4v) is 0.865. The van der Waals surface area contributed by atoms with E-state index in [2.05, 4.69) is 17.5 Å². The van der Waals surface area contributed by atoms with Gasteiger partial charge < -0.3 is 14.2 Å². The molecule has 0 heterocycles. The Morgan fingerprint density at radius 3 is 2.13 bits per heavy atom. The molecule has 90 valence electrons. The normalized spacial score (nSPS) is 10.5. The van der Waals surface area contributed by atoms with E-state index < -0.39 is 0 Å². The minimum Gasteiger partial charge on any atom is -0.378 e. The van der Waals surface area contributed by atoms with Gasteiger partial charge in [0, 0.05) is 6.54 Å². The maximum absolute atomic E-state index is 10.5. The summed E-state index contributed by atoms with van der Waals surface area (Å²) in [5.41, 5.74) is 0. The summed E-state index contributed by atoms with van der Waals surface area (Å²) < 4.78 is 18.1. The van der Waals surface area contributed by atoms with Gasteiger partial charge in [-0.1, -0.05) is 12.8 Å². The zero-order valence-electron chi connectivity index (χ0n) is 9.03. The maximum Gasteiger partial charge on any atom is 0.155 e. The number of nitrogens with one attached hydrogen (secondary N) is 1. The molecule has 0 atom stereocenters. The zero-order valence-corrected chi connectivity index (χ0v) is 9.92. The predicted octanol–water partition coefficient (Wildman–Crippen LogP) is 0.0596. The number of carbonyl (C=O) groups is 1. The summed E-state index contributed by atoms with van der Waals surface area (Å²) in [6.45, 7) is 5.01. The van der Waals surface area contributed by atoms with E-state index in [0.717, 1.165) is 0 Å². The molecule has 0 unspecified atom stereocenters. The van der Waals surface area contributed by atoms with Crippen molar-refractivity contribution in [2.45, 2.75) is 6.92 Å². The Balaban J connectivity index is 2.89. The van der Waals surface area contributed by atoms with Gasteiger partial charge in [0.05, 0.1) is 33.0 Å². The summed E-state index contributed by atoms with van der Waals surface area (Å²) in [7, 11) is 0. The van der Waals surface area contributed by atoms with Crippen molar-refractivity contribution in [1.29, 1.82) is 0 Å². The van der Waals surface area contributed by atoms with Crippen LogP contribution in [0.3, 0.4) is 0 Å². The number of hydrogen-bond donors (Lipinski definition) is 2. The summed E-state index contributed by atoms with van der Waals surface area (Å²) in [6.07, 6.45) is 0. The molecular weight excluding hydrogens is 218 g/mol. The van der Waals surface area contributed by atoms with E-state index in [9.17, 15) is 4.79 Å². The third kappa shape index (κ3) is 13.9. The second-order valence-electron chi connectivity index (χ2n) is 2.89. The van der Waals surface area contributed by atoms with Crippen molar-refractivity contribution in [3.05, 3.63) is 0 Å². The quantitative estimate of drug-likeness (QED) is 0.393. The van der Waals surface area contributed by atoms with Crippen molar-refractivity contribution < 1.29 is 19.0 Å². The van der Waals surface area contributed by atoms with Crippen LogP contribution in [-0.2, 0) is 19.0 Å². The Kier molecular flexibility index (Phi) is 11.8. The van der Waals surface area contributed by atoms with Crippen LogP contribution in [0.25, 0.3) is 0 Å². The topological polar surface area (TPSA) is 56.8 Å². The molecule has 0 aromatic rings. The van der Waals surface area contributed by atoms with Crippen LogP contribution in [0.5, 0.6) is 0 Å². The molecule has 1 N–H and O–H groups in total. The summed E-state index contributed by atoms with van der Waals surface area (Å²) in [5, 5.41) is 0. The number of ether oxygens (including phenoxy) is 3. The molecule has 0 bridgehead atoms. The lowest BCUT2D eigenvalue weighted by Gasteiger charge is -2.05. The Labute approximate surface area is 96.0 Å². The molecule has 0 saturated carbocycles. The van der Waals surface area contributed by atoms with Crippen LogP contribution in [0.1, 0.15) is 6.92 Å². The Morgan fingerprint density at radius 1 is 1.07 bits per heavy atom. The standard InChI is InChI=1S/C9H19NO4S/c1-9(11)8-14-7-6-13-5-4-12-3-2-10-15/h10,15H,2-8H2,1H3. The van der Waals surface area contributed by atoms with Crippen LogP contribution in [0.2, 0.25) is 0 Å². The van der Waals surface area contributed by atoms with Crippen LogP contribution in [-0.4, -0.2) is 52.0 Å². The molecule has 0 aliphatic rings. The molecule has 0 radical (unpaired) electrons. The van der Waals surface area contributed by atoms with E-state index >= 15 is 0 Å². The average Bonchev–Trinajstić information content (AvgIpc) is 2.20. The minimum absolute atomic E-state index is 0.0255. The molecular formula is C9H19NO4S. The van der Waals surface area contributed by atoms with E-state index in [4.69, 9.17) is 14.2 Å². The fraction of sp³-hybridized carbons (Fsp3) is 0.889. The summed E-state index contributed by atoms with van der Waals surface area (Å²) in [4.78, 5) is 10.5. The lowest BCUT2D eigenvalue weighted by Crippen LogP contribution is -2.14. The second-order valence-corrected chi connectivity index (χ2v) is 3.20. The van der Waals surface area contributed by atoms with Crippen molar-refractivity contribution in [3.63, 3.8) is 0 Å². The van der Waals surface area contributed by atoms with Crippen LogP contribution >= 0.6 is 12.8 Å². The van der Waals surface area contributed by atoms with Gasteiger partial charge in [-0.15, -0.1) is 0 Å². The molecule has 0 aromatic carbocycles. The first kappa shape index (κ1) is 14.9. The fourth-order valence-electron chi connectivity index (χ4n) is 0.774. The van der Waals surface area contributed by atoms with E-state index in [0.29, 0.717) is 39.6 Å². The number of Topliss-reactive ketones (excluding diaryl/α,β-unsaturated/α-hetero) is 1. The molecule has 0 saturated heterocycles. The molecule has 6 heteroatoms. The lowest BCUT2D eigenvalue weighted by molar-refractivity contribution is -0.122. The van der Waals surface area contributed by atoms with Crippen LogP contribution in [0.15, 0.2) is 0 Å². The number of carbonyl (C=O) groups excluding carboxylic acids is 1. The molecule has 0 spiro atoms. The SMILES string of the molecule is CC(=O)COCCOCCOCCNS. The third-order valence-corrected chi connectivity index (χ3v) is 1.63. The van der Waals surface area contributed by atoms with Gasteiger partial charge in [0.15, 0.2) is 5.78 Å². The van der Waals surface area contributed by atoms with Gasteiger partial charge in [-0.25, -0.2) is 0 Å². The summed E-state index contributed by atoms with van der Waals surface area (Å²) >= 11 is 3.81. The molecule has 0 aromatic heterocycles. The first-order valence-electron chi connectivity index (χ1n) is 4.87. The number of ketones is 1. The number of rotatable bonds is 11. The molecule has 5 nitrogen and oxygen atoms in total. The Hall–Kier alpha value is -0.140. The predicted molar refractivity (Wildman–Crippen MR) is 60.1 cm³/mol. The zero-order chi connectivity index (χ0) is 11.4. The minimum atomic E-state index is 0.0255. The van der Waals surface area contributed by atoms with E-state index in [1.165, 1.54) is 6.92 Å². The highest BCUT2D eigenvalue weighted by Gasteiger charge is 1.93. The van der Waals surface area contributed by atoms with Crippen molar-refractivity contribution in [2.75, 3.05) is 46.2 Å². The van der Waals surface area contributed by atoms with Crippen LogP contribution < -0.4 is 4.72 Å². The molecule has 0 amide bonds. The molecule has 15 heavy (non-hydrogen) atoms. The van der Waals surface area contributed by atoms with Crippen molar-refractivity contribution in [2.24, 2.45) is 0 Å². The van der Waals surface area contributed by atoms with Crippen molar-refractivity contribution in [1.82, 2.24) is 4.72 Å². The lowest BCUT2D eigenvalue weighted by atomic mass is 10.5. The highest BCUT2D eigenvalue weighted by Crippen LogP contribution is 1.81. The first-order chi connectivity index (χ1) is 7.27. The van der Waals surface area contributed by atoms with Gasteiger partial charge in [0.2, 0.25) is 0 Å². The molecule has 0 aliphatic carbocycles. The largest absolute Gasteiger partial charge is 0.378 e. The Morgan fingerprint density at radius 2 is 1.60 bits per heavy atom. The summed E-state index contributed by atoms with van der Waals surface area (Å²) in [5.74, 6) is 0.0255. The van der Waals surface area contributed by atoms with Gasteiger partial charge in [-0.2, -0.15) is 0 Å². The van der Waals surface area contributed by atoms with Crippen LogP contribution in [0.4, 0.5) is 0 Å². The highest BCUT2D eigenvalue weighted by molar-refractivity contribution is 7.78. The number of thiol groups is 1. The van der Waals surface area contributed by atoms with E-state index in [1.807, 2.05) is 0 Å². The summed E-state index contributed by atoms with van der Waals surface area (Å²) in [6, 6.07) is 0. The van der Waals surface area contributed by atoms with Gasteiger partial charge in [0.25, 0.3) is 0 Å². The van der Waals surface area contributed by atoms with Gasteiger partial charge in [-0.05, 0) is 6.92 Å². The van der Waals surface area contributed by atoms with Crippen LogP contribution in [0, 0.1) is 0 Å². The maximum atomic E-state index is 10.5. The smallest absolute Gasteiger partial charge is 0.155 e. The number of hydrogen-bond acceptors (Lipinski definition) is 6. The first-order valence-corrected chi connectivity index (χ1v) is 5.31. The monoisotopic (exact) mass is 237 g/mol. The van der Waals surface area contributed by atoms with Gasteiger partial charge >= 0.3 is 0 Å². The molecule has 0 rings (SSSR count). The van der Waals surface area contributed by atoms with E-state index in [1.54, 1.807) is 0 Å². The van der Waals surface area contributed by atoms with Gasteiger partial charge in [-0.3, -0.25) is 9.52 Å².